The number of aliphatic hydroxyl groups is 1. The SMILES string of the molecule is CC(C)(C)C(c1cc(Cl)c2c(c1)OCO2)[C@H](NC(=O)O)[C@H](O)c1nccs1. The van der Waals surface area contributed by atoms with Crippen LogP contribution in [-0.2, 0) is 0 Å². The minimum absolute atomic E-state index is 0.0806. The topological polar surface area (TPSA) is 101 Å². The Morgan fingerprint density at radius 1 is 1.37 bits per heavy atom. The first-order valence-electron chi connectivity index (χ1n) is 8.34. The second-order valence-corrected chi connectivity index (χ2v) is 8.70. The molecule has 0 bridgehead atoms. The first-order chi connectivity index (χ1) is 12.7. The Hall–Kier alpha value is -2.03. The number of carboxylic acid groups (broad SMARTS) is 1. The van der Waals surface area contributed by atoms with Gasteiger partial charge in [-0.05, 0) is 23.1 Å². The van der Waals surface area contributed by atoms with Crippen LogP contribution in [0.5, 0.6) is 11.5 Å². The number of hydrogen-bond acceptors (Lipinski definition) is 6. The van der Waals surface area contributed by atoms with Gasteiger partial charge < -0.3 is 25.0 Å². The van der Waals surface area contributed by atoms with Gasteiger partial charge in [-0.2, -0.15) is 0 Å². The Kier molecular flexibility index (Phi) is 5.50. The Labute approximate surface area is 165 Å². The van der Waals surface area contributed by atoms with Crippen molar-refractivity contribution in [3.63, 3.8) is 0 Å². The average Bonchev–Trinajstić information content (AvgIpc) is 3.23. The first kappa shape index (κ1) is 19.7. The molecule has 0 saturated carbocycles. The summed E-state index contributed by atoms with van der Waals surface area (Å²) in [5.41, 5.74) is 0.327. The molecule has 2 aromatic rings. The van der Waals surface area contributed by atoms with Crippen LogP contribution in [0.2, 0.25) is 5.02 Å². The van der Waals surface area contributed by atoms with Gasteiger partial charge in [-0.25, -0.2) is 9.78 Å². The van der Waals surface area contributed by atoms with Crippen molar-refractivity contribution in [2.24, 2.45) is 5.41 Å². The maximum Gasteiger partial charge on any atom is 0.405 e. The number of carbonyl (C=O) groups is 1. The number of ether oxygens (including phenoxy) is 2. The average molecular weight is 413 g/mol. The Morgan fingerprint density at radius 2 is 2.11 bits per heavy atom. The molecule has 0 fully saturated rings. The summed E-state index contributed by atoms with van der Waals surface area (Å²) in [7, 11) is 0. The molecule has 3 rings (SSSR count). The van der Waals surface area contributed by atoms with Crippen LogP contribution in [0.1, 0.15) is 43.4 Å². The van der Waals surface area contributed by atoms with Gasteiger partial charge in [-0.1, -0.05) is 32.4 Å². The summed E-state index contributed by atoms with van der Waals surface area (Å²) in [5.74, 6) is 0.556. The molecule has 0 saturated heterocycles. The standard InChI is InChI=1S/C18H21ClN2O5S/c1-18(2,3)12(9-6-10(19)15-11(7-9)25-8-26-15)13(21-17(23)24)14(22)16-20-4-5-27-16/h4-7,12-14,21-22H,8H2,1-3H3,(H,23,24)/t12?,13-,14-/m0/s1. The predicted molar refractivity (Wildman–Crippen MR) is 102 cm³/mol. The third-order valence-corrected chi connectivity index (χ3v) is 5.56. The van der Waals surface area contributed by atoms with Crippen molar-refractivity contribution in [2.45, 2.75) is 38.8 Å². The van der Waals surface area contributed by atoms with Crippen molar-refractivity contribution in [1.29, 1.82) is 0 Å². The zero-order valence-corrected chi connectivity index (χ0v) is 16.7. The van der Waals surface area contributed by atoms with Crippen LogP contribution in [0.25, 0.3) is 0 Å². The lowest BCUT2D eigenvalue weighted by Gasteiger charge is -2.39. The number of nitrogens with one attached hydrogen (secondary N) is 1. The van der Waals surface area contributed by atoms with Crippen molar-refractivity contribution in [3.8, 4) is 11.5 Å². The maximum absolute atomic E-state index is 11.5. The third-order valence-electron chi connectivity index (χ3n) is 4.44. The van der Waals surface area contributed by atoms with Gasteiger partial charge in [0.1, 0.15) is 11.1 Å². The monoisotopic (exact) mass is 412 g/mol. The quantitative estimate of drug-likeness (QED) is 0.685. The molecule has 3 N–H and O–H groups in total. The van der Waals surface area contributed by atoms with Gasteiger partial charge >= 0.3 is 6.09 Å². The summed E-state index contributed by atoms with van der Waals surface area (Å²) in [4.78, 5) is 15.6. The zero-order valence-electron chi connectivity index (χ0n) is 15.1. The van der Waals surface area contributed by atoms with Gasteiger partial charge in [-0.15, -0.1) is 11.3 Å². The highest BCUT2D eigenvalue weighted by Crippen LogP contribution is 2.47. The Balaban J connectivity index is 2.09. The molecule has 9 heteroatoms. The minimum Gasteiger partial charge on any atom is -0.465 e. The fraction of sp³-hybridized carbons (Fsp3) is 0.444. The largest absolute Gasteiger partial charge is 0.465 e. The second-order valence-electron chi connectivity index (χ2n) is 7.37. The van der Waals surface area contributed by atoms with E-state index in [1.54, 1.807) is 23.7 Å². The molecule has 146 valence electrons. The van der Waals surface area contributed by atoms with Crippen LogP contribution in [0.4, 0.5) is 4.79 Å². The molecule has 0 radical (unpaired) electrons. The molecular formula is C18H21ClN2O5S. The van der Waals surface area contributed by atoms with Crippen molar-refractivity contribution in [3.05, 3.63) is 39.3 Å². The van der Waals surface area contributed by atoms with E-state index in [4.69, 9.17) is 21.1 Å². The van der Waals surface area contributed by atoms with E-state index in [2.05, 4.69) is 10.3 Å². The number of nitrogens with zero attached hydrogens (tertiary/aromatic N) is 1. The van der Waals surface area contributed by atoms with Crippen molar-refractivity contribution in [1.82, 2.24) is 10.3 Å². The van der Waals surface area contributed by atoms with Crippen molar-refractivity contribution in [2.75, 3.05) is 6.79 Å². The fourth-order valence-corrected chi connectivity index (χ4v) is 4.38. The molecule has 2 heterocycles. The number of hydrogen-bond donors (Lipinski definition) is 3. The first-order valence-corrected chi connectivity index (χ1v) is 9.60. The highest BCUT2D eigenvalue weighted by molar-refractivity contribution is 7.09. The summed E-state index contributed by atoms with van der Waals surface area (Å²) < 4.78 is 10.8. The molecule has 0 spiro atoms. The molecule has 1 aliphatic heterocycles. The normalized spacial score (nSPS) is 16.6. The molecule has 1 aliphatic rings. The molecule has 1 amide bonds. The lowest BCUT2D eigenvalue weighted by molar-refractivity contribution is 0.0828. The second kappa shape index (κ2) is 7.53. The van der Waals surface area contributed by atoms with E-state index in [1.807, 2.05) is 20.8 Å². The van der Waals surface area contributed by atoms with Crippen LogP contribution in [0.15, 0.2) is 23.7 Å². The molecular weight excluding hydrogens is 392 g/mol. The number of amides is 1. The van der Waals surface area contributed by atoms with E-state index in [1.165, 1.54) is 11.3 Å². The highest BCUT2D eigenvalue weighted by Gasteiger charge is 2.41. The molecule has 3 atom stereocenters. The van der Waals surface area contributed by atoms with Crippen molar-refractivity contribution >= 4 is 29.0 Å². The fourth-order valence-electron chi connectivity index (χ4n) is 3.43. The smallest absolute Gasteiger partial charge is 0.405 e. The van der Waals surface area contributed by atoms with Gasteiger partial charge in [-0.3, -0.25) is 0 Å². The maximum atomic E-state index is 11.5. The zero-order chi connectivity index (χ0) is 19.8. The number of halogens is 1. The highest BCUT2D eigenvalue weighted by atomic mass is 35.5. The van der Waals surface area contributed by atoms with Gasteiger partial charge in [0, 0.05) is 17.5 Å². The van der Waals surface area contributed by atoms with E-state index < -0.39 is 29.6 Å². The summed E-state index contributed by atoms with van der Waals surface area (Å²) in [6, 6.07) is 2.68. The number of thiazole rings is 1. The molecule has 27 heavy (non-hydrogen) atoms. The Morgan fingerprint density at radius 3 is 2.70 bits per heavy atom. The van der Waals surface area contributed by atoms with E-state index in [0.29, 0.717) is 21.5 Å². The molecule has 1 aromatic heterocycles. The third kappa shape index (κ3) is 4.12. The number of aliphatic hydroxyl groups excluding tert-OH is 1. The lowest BCUT2D eigenvalue weighted by atomic mass is 9.70. The predicted octanol–water partition coefficient (Wildman–Crippen LogP) is 4.02. The molecule has 7 nitrogen and oxygen atoms in total. The van der Waals surface area contributed by atoms with Gasteiger partial charge in [0.2, 0.25) is 6.79 Å². The molecule has 1 unspecified atom stereocenters. The van der Waals surface area contributed by atoms with Crippen LogP contribution in [-0.4, -0.2) is 34.1 Å². The Bertz CT molecular complexity index is 822. The van der Waals surface area contributed by atoms with Crippen LogP contribution in [0, 0.1) is 5.41 Å². The summed E-state index contributed by atoms with van der Waals surface area (Å²) in [6.07, 6.45) is -0.767. The number of fused-ring (bicyclic) bond motifs is 1. The number of rotatable bonds is 5. The van der Waals surface area contributed by atoms with E-state index in [9.17, 15) is 15.0 Å². The van der Waals surface area contributed by atoms with Crippen LogP contribution in [0.3, 0.4) is 0 Å². The van der Waals surface area contributed by atoms with Crippen LogP contribution >= 0.6 is 22.9 Å². The molecule has 1 aromatic carbocycles. The summed E-state index contributed by atoms with van der Waals surface area (Å²) >= 11 is 7.61. The van der Waals surface area contributed by atoms with Gasteiger partial charge in [0.05, 0.1) is 11.1 Å². The lowest BCUT2D eigenvalue weighted by Crippen LogP contribution is -2.46. The van der Waals surface area contributed by atoms with Crippen LogP contribution < -0.4 is 14.8 Å². The van der Waals surface area contributed by atoms with Crippen molar-refractivity contribution < 1.29 is 24.5 Å². The van der Waals surface area contributed by atoms with Gasteiger partial charge in [0.15, 0.2) is 11.5 Å². The molecule has 0 aliphatic carbocycles. The summed E-state index contributed by atoms with van der Waals surface area (Å²) in [6.45, 7) is 6.00. The van der Waals surface area contributed by atoms with E-state index >= 15 is 0 Å². The minimum atomic E-state index is -1.23. The summed E-state index contributed by atoms with van der Waals surface area (Å²) in [5, 5.41) is 25.3. The van der Waals surface area contributed by atoms with E-state index in [0.717, 1.165) is 5.56 Å². The number of aromatic nitrogens is 1. The van der Waals surface area contributed by atoms with E-state index in [-0.39, 0.29) is 6.79 Å². The van der Waals surface area contributed by atoms with Gasteiger partial charge in [0.25, 0.3) is 0 Å². The number of benzene rings is 1.